The number of benzene rings is 1. The van der Waals surface area contributed by atoms with E-state index >= 15 is 0 Å². The molecule has 0 radical (unpaired) electrons. The molecule has 104 valence electrons. The van der Waals surface area contributed by atoms with Crippen molar-refractivity contribution in [3.8, 4) is 0 Å². The molecule has 3 N–H and O–H groups in total. The first-order valence-electron chi connectivity index (χ1n) is 6.24. The Bertz CT molecular complexity index is 485. The van der Waals surface area contributed by atoms with E-state index in [2.05, 4.69) is 5.32 Å². The molecular weight excluding hydrogens is 252 g/mol. The molecule has 0 unspecified atom stereocenters. The van der Waals surface area contributed by atoms with E-state index in [0.29, 0.717) is 31.5 Å². The maximum Gasteiger partial charge on any atom is 0.314 e. The number of anilines is 1. The third-order valence-corrected chi connectivity index (χ3v) is 3.44. The first-order chi connectivity index (χ1) is 8.99. The number of nitrogens with zero attached hydrogens (tertiary/aromatic N) is 1. The lowest BCUT2D eigenvalue weighted by molar-refractivity contribution is 0.193. The van der Waals surface area contributed by atoms with Crippen molar-refractivity contribution < 1.29 is 13.6 Å². The van der Waals surface area contributed by atoms with E-state index in [9.17, 15) is 13.6 Å². The third-order valence-electron chi connectivity index (χ3n) is 3.44. The summed E-state index contributed by atoms with van der Waals surface area (Å²) < 4.78 is 27.4. The number of aryl methyl sites for hydroxylation is 1. The maximum atomic E-state index is 13.8. The number of rotatable bonds is 2. The number of likely N-dealkylation sites (tertiary alicyclic amines) is 1. The SMILES string of the molecule is Cc1ccc(F)c(NC2CCN(C(N)=O)CC2)c1F. The second kappa shape index (κ2) is 5.42. The van der Waals surface area contributed by atoms with E-state index in [4.69, 9.17) is 5.73 Å². The molecule has 1 aliphatic rings. The summed E-state index contributed by atoms with van der Waals surface area (Å²) in [6.45, 7) is 2.60. The minimum atomic E-state index is -0.597. The fraction of sp³-hybridized carbons (Fsp3) is 0.462. The first kappa shape index (κ1) is 13.6. The quantitative estimate of drug-likeness (QED) is 0.865. The second-order valence-electron chi connectivity index (χ2n) is 4.80. The van der Waals surface area contributed by atoms with Crippen LogP contribution < -0.4 is 11.1 Å². The van der Waals surface area contributed by atoms with Crippen molar-refractivity contribution >= 4 is 11.7 Å². The van der Waals surface area contributed by atoms with E-state index in [-0.39, 0.29) is 11.7 Å². The highest BCUT2D eigenvalue weighted by atomic mass is 19.1. The van der Waals surface area contributed by atoms with Crippen LogP contribution >= 0.6 is 0 Å². The molecular formula is C13H17F2N3O. The van der Waals surface area contributed by atoms with Gasteiger partial charge in [-0.1, -0.05) is 6.07 Å². The Morgan fingerprint density at radius 2 is 2.00 bits per heavy atom. The fourth-order valence-corrected chi connectivity index (χ4v) is 2.24. The van der Waals surface area contributed by atoms with Crippen molar-refractivity contribution in [2.45, 2.75) is 25.8 Å². The topological polar surface area (TPSA) is 58.4 Å². The smallest absolute Gasteiger partial charge is 0.314 e. The van der Waals surface area contributed by atoms with Crippen molar-refractivity contribution in [1.82, 2.24) is 4.90 Å². The second-order valence-corrected chi connectivity index (χ2v) is 4.80. The van der Waals surface area contributed by atoms with Crippen LogP contribution in [-0.2, 0) is 0 Å². The predicted molar refractivity (Wildman–Crippen MR) is 68.9 cm³/mol. The normalized spacial score (nSPS) is 16.5. The van der Waals surface area contributed by atoms with Crippen LogP contribution in [0.15, 0.2) is 12.1 Å². The molecule has 0 aliphatic carbocycles. The average Bonchev–Trinajstić information content (AvgIpc) is 2.40. The number of carbonyl (C=O) groups excluding carboxylic acids is 1. The molecule has 4 nitrogen and oxygen atoms in total. The summed E-state index contributed by atoms with van der Waals surface area (Å²) in [5.74, 6) is -1.15. The van der Waals surface area contributed by atoms with Gasteiger partial charge in [0.1, 0.15) is 11.5 Å². The summed E-state index contributed by atoms with van der Waals surface area (Å²) in [6, 6.07) is 2.15. The minimum Gasteiger partial charge on any atom is -0.377 e. The number of halogens is 2. The molecule has 1 heterocycles. The summed E-state index contributed by atoms with van der Waals surface area (Å²) in [5.41, 5.74) is 5.50. The van der Waals surface area contributed by atoms with Gasteiger partial charge < -0.3 is 16.0 Å². The minimum absolute atomic E-state index is 0.0543. The number of carbonyl (C=O) groups is 1. The van der Waals surface area contributed by atoms with Crippen molar-refractivity contribution in [1.29, 1.82) is 0 Å². The number of nitrogens with two attached hydrogens (primary N) is 1. The largest absolute Gasteiger partial charge is 0.377 e. The van der Waals surface area contributed by atoms with Gasteiger partial charge in [0.25, 0.3) is 0 Å². The van der Waals surface area contributed by atoms with Gasteiger partial charge in [0, 0.05) is 19.1 Å². The highest BCUT2D eigenvalue weighted by molar-refractivity contribution is 5.72. The van der Waals surface area contributed by atoms with E-state index in [1.54, 1.807) is 6.92 Å². The van der Waals surface area contributed by atoms with Crippen molar-refractivity contribution in [3.63, 3.8) is 0 Å². The third kappa shape index (κ3) is 2.94. The molecule has 0 aromatic heterocycles. The Labute approximate surface area is 110 Å². The number of amides is 2. The molecule has 0 atom stereocenters. The lowest BCUT2D eigenvalue weighted by Crippen LogP contribution is -2.44. The molecule has 0 saturated carbocycles. The summed E-state index contributed by atoms with van der Waals surface area (Å²) in [7, 11) is 0. The number of primary amides is 1. The number of nitrogens with one attached hydrogen (secondary N) is 1. The van der Waals surface area contributed by atoms with Gasteiger partial charge >= 0.3 is 6.03 Å². The zero-order chi connectivity index (χ0) is 14.0. The number of hydrogen-bond acceptors (Lipinski definition) is 2. The molecule has 2 rings (SSSR count). The van der Waals surface area contributed by atoms with Crippen LogP contribution in [0.5, 0.6) is 0 Å². The van der Waals surface area contributed by atoms with Crippen LogP contribution in [0, 0.1) is 18.6 Å². The molecule has 1 saturated heterocycles. The van der Waals surface area contributed by atoms with Crippen molar-refractivity contribution in [2.24, 2.45) is 5.73 Å². The highest BCUT2D eigenvalue weighted by Gasteiger charge is 2.23. The van der Waals surface area contributed by atoms with Gasteiger partial charge in [-0.15, -0.1) is 0 Å². The summed E-state index contributed by atoms with van der Waals surface area (Å²) in [4.78, 5) is 12.5. The lowest BCUT2D eigenvalue weighted by Gasteiger charge is -2.31. The average molecular weight is 269 g/mol. The molecule has 1 aromatic rings. The Balaban J connectivity index is 2.04. The van der Waals surface area contributed by atoms with Crippen LogP contribution in [0.2, 0.25) is 0 Å². The Morgan fingerprint density at radius 3 is 2.58 bits per heavy atom. The van der Waals surface area contributed by atoms with Gasteiger partial charge in [-0.2, -0.15) is 0 Å². The predicted octanol–water partition coefficient (Wildman–Crippen LogP) is 2.23. The Morgan fingerprint density at radius 1 is 1.37 bits per heavy atom. The van der Waals surface area contributed by atoms with Crippen LogP contribution in [0.25, 0.3) is 0 Å². The first-order valence-corrected chi connectivity index (χ1v) is 6.24. The number of hydrogen-bond donors (Lipinski definition) is 2. The molecule has 6 heteroatoms. The zero-order valence-corrected chi connectivity index (χ0v) is 10.7. The molecule has 1 aliphatic heterocycles. The van der Waals surface area contributed by atoms with Gasteiger partial charge in [-0.25, -0.2) is 13.6 Å². The molecule has 1 aromatic carbocycles. The van der Waals surface area contributed by atoms with Gasteiger partial charge in [0.2, 0.25) is 0 Å². The van der Waals surface area contributed by atoms with E-state index < -0.39 is 17.7 Å². The van der Waals surface area contributed by atoms with Gasteiger partial charge in [-0.3, -0.25) is 0 Å². The fourth-order valence-electron chi connectivity index (χ4n) is 2.24. The highest BCUT2D eigenvalue weighted by Crippen LogP contribution is 2.24. The monoisotopic (exact) mass is 269 g/mol. The van der Waals surface area contributed by atoms with Gasteiger partial charge in [0.15, 0.2) is 5.82 Å². The van der Waals surface area contributed by atoms with E-state index in [1.165, 1.54) is 17.0 Å². The van der Waals surface area contributed by atoms with Crippen LogP contribution in [0.1, 0.15) is 18.4 Å². The van der Waals surface area contributed by atoms with Crippen molar-refractivity contribution in [3.05, 3.63) is 29.3 Å². The van der Waals surface area contributed by atoms with Gasteiger partial charge in [-0.05, 0) is 31.4 Å². The standard InChI is InChI=1S/C13H17F2N3O/c1-8-2-3-10(14)12(11(8)15)17-9-4-6-18(7-5-9)13(16)19/h2-3,9,17H,4-7H2,1H3,(H2,16,19). The lowest BCUT2D eigenvalue weighted by atomic mass is 10.0. The van der Waals surface area contributed by atoms with E-state index in [0.717, 1.165) is 0 Å². The van der Waals surface area contributed by atoms with E-state index in [1.807, 2.05) is 0 Å². The van der Waals surface area contributed by atoms with Crippen LogP contribution in [-0.4, -0.2) is 30.1 Å². The maximum absolute atomic E-state index is 13.8. The number of urea groups is 1. The Kier molecular flexibility index (Phi) is 3.87. The zero-order valence-electron chi connectivity index (χ0n) is 10.7. The summed E-state index contributed by atoms with van der Waals surface area (Å²) in [6.07, 6.45) is 1.24. The molecule has 0 bridgehead atoms. The molecule has 0 spiro atoms. The molecule has 1 fully saturated rings. The van der Waals surface area contributed by atoms with Crippen LogP contribution in [0.3, 0.4) is 0 Å². The van der Waals surface area contributed by atoms with Gasteiger partial charge in [0.05, 0.1) is 0 Å². The summed E-state index contributed by atoms with van der Waals surface area (Å²) in [5, 5.41) is 2.89. The number of piperidine rings is 1. The molecule has 19 heavy (non-hydrogen) atoms. The Hall–Kier alpha value is -1.85. The molecule has 2 amide bonds. The van der Waals surface area contributed by atoms with Crippen molar-refractivity contribution in [2.75, 3.05) is 18.4 Å². The summed E-state index contributed by atoms with van der Waals surface area (Å²) >= 11 is 0. The van der Waals surface area contributed by atoms with Crippen LogP contribution in [0.4, 0.5) is 19.3 Å².